The van der Waals surface area contributed by atoms with Gasteiger partial charge in [-0.05, 0) is 25.2 Å². The molecule has 3 N–H and O–H groups in total. The van der Waals surface area contributed by atoms with Crippen LogP contribution in [0.15, 0.2) is 0 Å². The molecule has 94 valence electrons. The first-order valence-corrected chi connectivity index (χ1v) is 6.41. The first kappa shape index (κ1) is 12.3. The van der Waals surface area contributed by atoms with E-state index in [0.29, 0.717) is 12.0 Å². The fourth-order valence-electron chi connectivity index (χ4n) is 2.55. The molecule has 1 aliphatic heterocycles. The van der Waals surface area contributed by atoms with Gasteiger partial charge in [-0.2, -0.15) is 0 Å². The van der Waals surface area contributed by atoms with Gasteiger partial charge in [-0.3, -0.25) is 4.90 Å². The van der Waals surface area contributed by atoms with Crippen molar-refractivity contribution in [1.82, 2.24) is 4.90 Å². The molecule has 1 saturated heterocycles. The van der Waals surface area contributed by atoms with E-state index in [1.807, 2.05) is 0 Å². The minimum atomic E-state index is -0.379. The molecule has 1 saturated carbocycles. The van der Waals surface area contributed by atoms with Gasteiger partial charge in [0.1, 0.15) is 0 Å². The van der Waals surface area contributed by atoms with E-state index in [1.165, 1.54) is 12.8 Å². The van der Waals surface area contributed by atoms with Crippen molar-refractivity contribution in [2.75, 3.05) is 32.8 Å². The molecule has 2 rings (SSSR count). The molecule has 0 bridgehead atoms. The topological polar surface area (TPSA) is 58.7 Å². The van der Waals surface area contributed by atoms with Gasteiger partial charge in [-0.15, -0.1) is 0 Å². The molecule has 1 heterocycles. The van der Waals surface area contributed by atoms with E-state index >= 15 is 0 Å². The Morgan fingerprint density at radius 3 is 2.81 bits per heavy atom. The smallest absolute Gasteiger partial charge is 0.0700 e. The number of hydrogen-bond donors (Lipinski definition) is 2. The van der Waals surface area contributed by atoms with Gasteiger partial charge < -0.3 is 15.6 Å². The van der Waals surface area contributed by atoms with E-state index in [2.05, 4.69) is 11.8 Å². The van der Waals surface area contributed by atoms with Gasteiger partial charge in [0.15, 0.2) is 0 Å². The number of nitrogens with zero attached hydrogens (tertiary/aromatic N) is 1. The van der Waals surface area contributed by atoms with Crippen LogP contribution in [0.3, 0.4) is 0 Å². The fourth-order valence-corrected chi connectivity index (χ4v) is 2.55. The maximum Gasteiger partial charge on any atom is 0.0700 e. The van der Waals surface area contributed by atoms with Crippen LogP contribution in [0.2, 0.25) is 0 Å². The van der Waals surface area contributed by atoms with Gasteiger partial charge in [0, 0.05) is 19.6 Å². The largest absolute Gasteiger partial charge is 0.394 e. The third kappa shape index (κ3) is 2.74. The summed E-state index contributed by atoms with van der Waals surface area (Å²) in [7, 11) is 0. The Kier molecular flexibility index (Phi) is 3.85. The maximum atomic E-state index is 9.47. The van der Waals surface area contributed by atoms with Gasteiger partial charge in [-0.1, -0.05) is 6.92 Å². The van der Waals surface area contributed by atoms with E-state index < -0.39 is 0 Å². The third-order valence-corrected chi connectivity index (χ3v) is 3.88. The fraction of sp³-hybridized carbons (Fsp3) is 1.00. The summed E-state index contributed by atoms with van der Waals surface area (Å²) in [4.78, 5) is 2.35. The molecule has 0 aromatic carbocycles. The molecule has 4 heteroatoms. The van der Waals surface area contributed by atoms with Crippen molar-refractivity contribution in [1.29, 1.82) is 0 Å². The summed E-state index contributed by atoms with van der Waals surface area (Å²) in [5, 5.41) is 9.47. The number of hydrogen-bond acceptors (Lipinski definition) is 4. The molecule has 16 heavy (non-hydrogen) atoms. The summed E-state index contributed by atoms with van der Waals surface area (Å²) in [5.74, 6) is 0.528. The zero-order valence-corrected chi connectivity index (χ0v) is 10.2. The Morgan fingerprint density at radius 2 is 2.25 bits per heavy atom. The molecule has 2 atom stereocenters. The molecule has 0 radical (unpaired) electrons. The zero-order chi connectivity index (χ0) is 11.6. The average molecular weight is 228 g/mol. The summed E-state index contributed by atoms with van der Waals surface area (Å²) in [5.41, 5.74) is 5.91. The number of nitrogens with two attached hydrogens (primary N) is 1. The standard InChI is InChI=1S/C12H24N2O2/c1-2-11-7-14(5-6-16-11)8-12(13,9-15)10-3-4-10/h10-11,15H,2-9,13H2,1H3. The van der Waals surface area contributed by atoms with Crippen molar-refractivity contribution in [2.45, 2.75) is 37.8 Å². The monoisotopic (exact) mass is 228 g/mol. The number of ether oxygens (including phenoxy) is 1. The first-order chi connectivity index (χ1) is 7.68. The Hall–Kier alpha value is -0.160. The molecular formula is C12H24N2O2. The summed E-state index contributed by atoms with van der Waals surface area (Å²) in [6.07, 6.45) is 3.75. The second-order valence-electron chi connectivity index (χ2n) is 5.30. The Labute approximate surface area is 97.7 Å². The van der Waals surface area contributed by atoms with E-state index in [1.54, 1.807) is 0 Å². The molecule has 4 nitrogen and oxygen atoms in total. The highest BCUT2D eigenvalue weighted by Gasteiger charge is 2.43. The lowest BCUT2D eigenvalue weighted by Crippen LogP contribution is -2.57. The molecule has 0 spiro atoms. The van der Waals surface area contributed by atoms with Crippen LogP contribution in [-0.2, 0) is 4.74 Å². The molecule has 0 aromatic rings. The Morgan fingerprint density at radius 1 is 1.50 bits per heavy atom. The lowest BCUT2D eigenvalue weighted by atomic mass is 9.94. The van der Waals surface area contributed by atoms with Crippen molar-refractivity contribution < 1.29 is 9.84 Å². The second-order valence-corrected chi connectivity index (χ2v) is 5.30. The van der Waals surface area contributed by atoms with Crippen LogP contribution in [-0.4, -0.2) is 54.5 Å². The van der Waals surface area contributed by atoms with Gasteiger partial charge in [0.25, 0.3) is 0 Å². The summed E-state index contributed by atoms with van der Waals surface area (Å²) < 4.78 is 5.64. The molecule has 0 aromatic heterocycles. The Balaban J connectivity index is 1.87. The van der Waals surface area contributed by atoms with Crippen molar-refractivity contribution in [3.63, 3.8) is 0 Å². The summed E-state index contributed by atoms with van der Waals surface area (Å²) >= 11 is 0. The molecule has 2 fully saturated rings. The van der Waals surface area contributed by atoms with Crippen LogP contribution in [0.1, 0.15) is 26.2 Å². The quantitative estimate of drug-likeness (QED) is 0.705. The van der Waals surface area contributed by atoms with Crippen LogP contribution in [0.4, 0.5) is 0 Å². The summed E-state index contributed by atoms with van der Waals surface area (Å²) in [6.45, 7) is 5.77. The molecule has 2 aliphatic rings. The van der Waals surface area contributed by atoms with E-state index in [9.17, 15) is 5.11 Å². The molecular weight excluding hydrogens is 204 g/mol. The predicted molar refractivity (Wildman–Crippen MR) is 63.2 cm³/mol. The minimum Gasteiger partial charge on any atom is -0.394 e. The third-order valence-electron chi connectivity index (χ3n) is 3.88. The minimum absolute atomic E-state index is 0.103. The molecule has 0 amide bonds. The van der Waals surface area contributed by atoms with Gasteiger partial charge in [-0.25, -0.2) is 0 Å². The molecule has 1 aliphatic carbocycles. The number of morpholine rings is 1. The lowest BCUT2D eigenvalue weighted by molar-refractivity contribution is -0.0403. The van der Waals surface area contributed by atoms with Crippen LogP contribution < -0.4 is 5.73 Å². The second kappa shape index (κ2) is 5.00. The zero-order valence-electron chi connectivity index (χ0n) is 10.2. The number of aliphatic hydroxyl groups excluding tert-OH is 1. The summed E-state index contributed by atoms with van der Waals surface area (Å²) in [6, 6.07) is 0. The van der Waals surface area contributed by atoms with Crippen LogP contribution >= 0.6 is 0 Å². The van der Waals surface area contributed by atoms with Gasteiger partial charge in [0.05, 0.1) is 24.9 Å². The van der Waals surface area contributed by atoms with E-state index in [0.717, 1.165) is 32.7 Å². The Bertz CT molecular complexity index is 233. The number of rotatable bonds is 5. The highest BCUT2D eigenvalue weighted by Crippen LogP contribution is 2.38. The van der Waals surface area contributed by atoms with Crippen LogP contribution in [0.5, 0.6) is 0 Å². The number of aliphatic hydroxyl groups is 1. The first-order valence-electron chi connectivity index (χ1n) is 6.41. The van der Waals surface area contributed by atoms with Crippen molar-refractivity contribution >= 4 is 0 Å². The van der Waals surface area contributed by atoms with Crippen LogP contribution in [0, 0.1) is 5.92 Å². The highest BCUT2D eigenvalue weighted by molar-refractivity contribution is 5.00. The highest BCUT2D eigenvalue weighted by atomic mass is 16.5. The van der Waals surface area contributed by atoms with Crippen molar-refractivity contribution in [3.8, 4) is 0 Å². The SMILES string of the molecule is CCC1CN(CC(N)(CO)C2CC2)CCO1. The maximum absolute atomic E-state index is 9.47. The van der Waals surface area contributed by atoms with Gasteiger partial charge in [0.2, 0.25) is 0 Å². The predicted octanol–water partition coefficient (Wildman–Crippen LogP) is 0.197. The van der Waals surface area contributed by atoms with Gasteiger partial charge >= 0.3 is 0 Å². The van der Waals surface area contributed by atoms with Crippen molar-refractivity contribution in [3.05, 3.63) is 0 Å². The van der Waals surface area contributed by atoms with E-state index in [-0.39, 0.29) is 12.1 Å². The lowest BCUT2D eigenvalue weighted by Gasteiger charge is -2.38. The van der Waals surface area contributed by atoms with Crippen molar-refractivity contribution in [2.24, 2.45) is 11.7 Å². The molecule has 2 unspecified atom stereocenters. The average Bonchev–Trinajstić information content (AvgIpc) is 3.13. The normalized spacial score (nSPS) is 31.3. The van der Waals surface area contributed by atoms with E-state index in [4.69, 9.17) is 10.5 Å². The van der Waals surface area contributed by atoms with Crippen LogP contribution in [0.25, 0.3) is 0 Å².